The Bertz CT molecular complexity index is 2070. The first-order chi connectivity index (χ1) is 28.6. The number of anilines is 2. The van der Waals surface area contributed by atoms with E-state index < -0.39 is 96.9 Å². The Kier molecular flexibility index (Phi) is 14.8. The van der Waals surface area contributed by atoms with Crippen molar-refractivity contribution in [3.05, 3.63) is 54.6 Å². The van der Waals surface area contributed by atoms with E-state index in [1.165, 1.54) is 38.6 Å². The second-order valence-corrected chi connectivity index (χ2v) is 14.3. The molecule has 0 spiro atoms. The number of imidazole rings is 1. The van der Waals surface area contributed by atoms with Gasteiger partial charge in [-0.3, -0.25) is 33.7 Å². The van der Waals surface area contributed by atoms with E-state index in [1.807, 2.05) is 0 Å². The summed E-state index contributed by atoms with van der Waals surface area (Å²) in [6.45, 7) is 5.21. The molecular formula is C37H47N11O12. The highest BCUT2D eigenvalue weighted by Crippen LogP contribution is 2.25. The molecule has 1 saturated heterocycles. The fourth-order valence-corrected chi connectivity index (χ4v) is 6.10. The summed E-state index contributed by atoms with van der Waals surface area (Å²) in [5, 5.41) is 47.2. The Hall–Kier alpha value is -6.56. The first kappa shape index (κ1) is 44.5. The standard InChI is InChI=1S/C37H47N11O12/c1-17(2)26(45-23(50)11-12-48-24(51)9-10-25(48)52)35(57)42-18(3)33(55)44-21-7-5-20(6-8-21)14-59-37(58)43-19(4)34(56)46-27-22(13-49)60-36(30(54)29(27)53)47-32-28-31(39-15-38-28)40-16-41-32/h5-10,15-19,22,26-27,29-30,36,49,53-54H,11-14H2,1-4H3,(H,42,57)(H,43,58)(H,44,55)(H,45,50)(H,46,56)(H2,38,39,40,41,47)/t18-,19-,22-,26-,27-,29+,30-,36-/m0/s1. The molecule has 23 nitrogen and oxygen atoms in total. The van der Waals surface area contributed by atoms with Gasteiger partial charge in [-0.15, -0.1) is 0 Å². The van der Waals surface area contributed by atoms with E-state index in [9.17, 15) is 48.9 Å². The Morgan fingerprint density at radius 3 is 2.23 bits per heavy atom. The molecule has 5 rings (SSSR count). The molecule has 7 amide bonds. The molecule has 0 saturated carbocycles. The molecule has 2 aliphatic rings. The Morgan fingerprint density at radius 1 is 0.883 bits per heavy atom. The van der Waals surface area contributed by atoms with Crippen molar-refractivity contribution in [2.45, 2.75) is 89.4 Å². The van der Waals surface area contributed by atoms with E-state index in [0.29, 0.717) is 22.4 Å². The second-order valence-electron chi connectivity index (χ2n) is 14.3. The van der Waals surface area contributed by atoms with Crippen LogP contribution in [0.25, 0.3) is 11.2 Å². The average molecular weight is 838 g/mol. The topological polar surface area (TPSA) is 329 Å². The van der Waals surface area contributed by atoms with Gasteiger partial charge in [0.25, 0.3) is 11.8 Å². The van der Waals surface area contributed by atoms with Crippen LogP contribution in [0.3, 0.4) is 0 Å². The van der Waals surface area contributed by atoms with Crippen molar-refractivity contribution in [3.8, 4) is 0 Å². The third-order valence-electron chi connectivity index (χ3n) is 9.54. The Labute approximate surface area is 342 Å². The van der Waals surface area contributed by atoms with Gasteiger partial charge >= 0.3 is 6.09 Å². The third kappa shape index (κ3) is 11.1. The van der Waals surface area contributed by atoms with Crippen LogP contribution in [0.2, 0.25) is 0 Å². The van der Waals surface area contributed by atoms with Crippen molar-refractivity contribution in [3.63, 3.8) is 0 Å². The minimum atomic E-state index is -1.61. The molecule has 2 aliphatic heterocycles. The number of aromatic amines is 1. The van der Waals surface area contributed by atoms with Crippen LogP contribution in [-0.2, 0) is 44.8 Å². The molecule has 3 aromatic rings. The number of benzene rings is 1. The molecule has 8 atom stereocenters. The number of rotatable bonds is 17. The maximum Gasteiger partial charge on any atom is 0.408 e. The summed E-state index contributed by atoms with van der Waals surface area (Å²) in [6.07, 6.45) is -1.93. The predicted octanol–water partition coefficient (Wildman–Crippen LogP) is -2.10. The zero-order valence-corrected chi connectivity index (χ0v) is 32.9. The van der Waals surface area contributed by atoms with E-state index in [1.54, 1.807) is 26.0 Å². The summed E-state index contributed by atoms with van der Waals surface area (Å²) in [7, 11) is 0. The number of nitrogens with one attached hydrogen (secondary N) is 7. The van der Waals surface area contributed by atoms with Crippen molar-refractivity contribution in [1.82, 2.24) is 46.1 Å². The van der Waals surface area contributed by atoms with Crippen LogP contribution in [0.4, 0.5) is 16.3 Å². The van der Waals surface area contributed by atoms with E-state index in [-0.39, 0.29) is 31.3 Å². The first-order valence-electron chi connectivity index (χ1n) is 18.9. The van der Waals surface area contributed by atoms with E-state index in [2.05, 4.69) is 51.8 Å². The van der Waals surface area contributed by atoms with Gasteiger partial charge in [-0.2, -0.15) is 0 Å². The molecule has 10 N–H and O–H groups in total. The highest BCUT2D eigenvalue weighted by Gasteiger charge is 2.45. The summed E-state index contributed by atoms with van der Waals surface area (Å²) < 4.78 is 11.0. The monoisotopic (exact) mass is 837 g/mol. The summed E-state index contributed by atoms with van der Waals surface area (Å²) >= 11 is 0. The van der Waals surface area contributed by atoms with Crippen molar-refractivity contribution in [1.29, 1.82) is 0 Å². The van der Waals surface area contributed by atoms with Crippen LogP contribution >= 0.6 is 0 Å². The number of hydrogen-bond acceptors (Lipinski definition) is 16. The highest BCUT2D eigenvalue weighted by molar-refractivity contribution is 6.13. The summed E-state index contributed by atoms with van der Waals surface area (Å²) in [6, 6.07) is 1.75. The molecule has 0 aliphatic carbocycles. The van der Waals surface area contributed by atoms with Gasteiger partial charge < -0.3 is 61.7 Å². The minimum Gasteiger partial charge on any atom is -0.445 e. The van der Waals surface area contributed by atoms with Crippen LogP contribution in [-0.4, -0.2) is 144 Å². The molecule has 60 heavy (non-hydrogen) atoms. The number of carbonyl (C=O) groups is 7. The number of H-pyrrole nitrogens is 1. The number of alkyl carbamates (subject to hydrolysis) is 1. The van der Waals surface area contributed by atoms with Crippen molar-refractivity contribution < 1.29 is 58.4 Å². The number of aromatic nitrogens is 4. The summed E-state index contributed by atoms with van der Waals surface area (Å²) in [5.74, 6) is -3.69. The van der Waals surface area contributed by atoms with Gasteiger partial charge in [-0.25, -0.2) is 19.7 Å². The van der Waals surface area contributed by atoms with Crippen molar-refractivity contribution in [2.24, 2.45) is 5.92 Å². The molecule has 2 aromatic heterocycles. The number of nitrogens with zero attached hydrogens (tertiary/aromatic N) is 4. The fourth-order valence-electron chi connectivity index (χ4n) is 6.10. The maximum absolute atomic E-state index is 13.0. The van der Waals surface area contributed by atoms with Crippen molar-refractivity contribution >= 4 is 64.2 Å². The number of amides is 7. The molecule has 23 heteroatoms. The lowest BCUT2D eigenvalue weighted by atomic mass is 9.95. The van der Waals surface area contributed by atoms with Crippen LogP contribution in [0.5, 0.6) is 0 Å². The molecule has 322 valence electrons. The van der Waals surface area contributed by atoms with Crippen LogP contribution in [0.1, 0.15) is 39.7 Å². The quantitative estimate of drug-likeness (QED) is 0.0651. The van der Waals surface area contributed by atoms with E-state index in [0.717, 1.165) is 17.1 Å². The third-order valence-corrected chi connectivity index (χ3v) is 9.54. The lowest BCUT2D eigenvalue weighted by Crippen LogP contribution is -2.67. The number of fused-ring (bicyclic) bond motifs is 1. The number of imide groups is 1. The van der Waals surface area contributed by atoms with E-state index >= 15 is 0 Å². The van der Waals surface area contributed by atoms with Gasteiger partial charge in [0.05, 0.1) is 19.0 Å². The number of hydrogen-bond donors (Lipinski definition) is 10. The zero-order chi connectivity index (χ0) is 43.7. The summed E-state index contributed by atoms with van der Waals surface area (Å²) in [4.78, 5) is 103. The van der Waals surface area contributed by atoms with Gasteiger partial charge in [0.1, 0.15) is 54.9 Å². The summed E-state index contributed by atoms with van der Waals surface area (Å²) in [5.41, 5.74) is 1.63. The van der Waals surface area contributed by atoms with Crippen molar-refractivity contribution in [2.75, 3.05) is 23.8 Å². The number of aliphatic hydroxyl groups excluding tert-OH is 3. The van der Waals surface area contributed by atoms with Gasteiger partial charge in [0.15, 0.2) is 17.7 Å². The minimum absolute atomic E-state index is 0.147. The molecule has 1 aromatic carbocycles. The lowest BCUT2D eigenvalue weighted by Gasteiger charge is -2.43. The van der Waals surface area contributed by atoms with E-state index in [4.69, 9.17) is 9.47 Å². The normalized spacial score (nSPS) is 21.5. The Morgan fingerprint density at radius 2 is 1.57 bits per heavy atom. The van der Waals surface area contributed by atoms with Gasteiger partial charge in [0.2, 0.25) is 23.6 Å². The lowest BCUT2D eigenvalue weighted by molar-refractivity contribution is -0.185. The number of aliphatic hydroxyl groups is 3. The first-order valence-corrected chi connectivity index (χ1v) is 18.9. The fraction of sp³-hybridized carbons (Fsp3) is 0.459. The molecule has 1 fully saturated rings. The zero-order valence-electron chi connectivity index (χ0n) is 32.9. The smallest absolute Gasteiger partial charge is 0.408 e. The van der Waals surface area contributed by atoms with Gasteiger partial charge in [0, 0.05) is 30.8 Å². The molecule has 0 unspecified atom stereocenters. The van der Waals surface area contributed by atoms with Crippen LogP contribution in [0, 0.1) is 5.92 Å². The highest BCUT2D eigenvalue weighted by atomic mass is 16.6. The molecule has 4 heterocycles. The predicted molar refractivity (Wildman–Crippen MR) is 208 cm³/mol. The number of carbonyl (C=O) groups excluding carboxylic acids is 7. The second kappa shape index (κ2) is 19.9. The van der Waals surface area contributed by atoms with Gasteiger partial charge in [-0.1, -0.05) is 26.0 Å². The molecular weight excluding hydrogens is 790 g/mol. The van der Waals surface area contributed by atoms with Crippen LogP contribution in [0.15, 0.2) is 49.1 Å². The largest absolute Gasteiger partial charge is 0.445 e. The molecule has 0 bridgehead atoms. The van der Waals surface area contributed by atoms with Gasteiger partial charge in [-0.05, 0) is 37.5 Å². The average Bonchev–Trinajstić information content (AvgIpc) is 3.84. The SMILES string of the molecule is CC(C)[C@H](NC(=O)CCN1C(=O)C=CC1=O)C(=O)N[C@@H](C)C(=O)Nc1ccc(COC(=O)N[C@@H](C)C(=O)N[C@@H]2[C@@H](O)[C@H](O)[C@@H](Nc3ncnc4nc[nH]c34)O[C@H]2CO)cc1. The van der Waals surface area contributed by atoms with Crippen LogP contribution < -0.4 is 31.9 Å². The maximum atomic E-state index is 13.0. The molecule has 0 radical (unpaired) electrons. The number of ether oxygens (including phenoxy) is 2. The Balaban J connectivity index is 1.03.